The molecular weight excluding hydrogens is 302 g/mol. The average molecular weight is 319 g/mol. The Labute approximate surface area is 124 Å². The molecule has 1 aliphatic heterocycles. The van der Waals surface area contributed by atoms with Gasteiger partial charge in [0, 0.05) is 25.0 Å². The minimum atomic E-state index is -3.75. The van der Waals surface area contributed by atoms with Crippen LogP contribution in [0.2, 0.25) is 5.02 Å². The summed E-state index contributed by atoms with van der Waals surface area (Å²) in [6, 6.07) is 6.13. The number of hydrogen-bond acceptors (Lipinski definition) is 4. The van der Waals surface area contributed by atoms with Crippen molar-refractivity contribution in [2.75, 3.05) is 13.1 Å². The lowest BCUT2D eigenvalue weighted by atomic mass is 10.0. The van der Waals surface area contributed by atoms with E-state index >= 15 is 0 Å². The Balaban J connectivity index is 0.00000200. The van der Waals surface area contributed by atoms with Crippen molar-refractivity contribution in [1.82, 2.24) is 4.31 Å². The standard InChI is InChI=1S/C12H14ClNO4S.CH4/c13-10-5-1-2-6-11(10)19(17,18)14-7-3-4-9(8-14)12(15)16;/h1-2,5-6,9H,3-4,7-8H2,(H,15,16);1H4/p-1. The number of rotatable bonds is 3. The second kappa shape index (κ2) is 6.56. The van der Waals surface area contributed by atoms with Gasteiger partial charge in [0.25, 0.3) is 0 Å². The van der Waals surface area contributed by atoms with Gasteiger partial charge in [-0.1, -0.05) is 31.2 Å². The Morgan fingerprint density at radius 1 is 1.35 bits per heavy atom. The maximum absolute atomic E-state index is 12.4. The number of nitrogens with zero attached hydrogens (tertiary/aromatic N) is 1. The molecule has 1 fully saturated rings. The van der Waals surface area contributed by atoms with E-state index < -0.39 is 21.9 Å². The molecule has 0 amide bonds. The third kappa shape index (κ3) is 3.31. The molecule has 0 spiro atoms. The summed E-state index contributed by atoms with van der Waals surface area (Å²) >= 11 is 5.89. The first kappa shape index (κ1) is 16.9. The summed E-state index contributed by atoms with van der Waals surface area (Å²) in [5.74, 6) is -1.97. The third-order valence-electron chi connectivity index (χ3n) is 3.17. The Hall–Kier alpha value is -1.11. The highest BCUT2D eigenvalue weighted by molar-refractivity contribution is 7.89. The summed E-state index contributed by atoms with van der Waals surface area (Å²) in [5.41, 5.74) is 0. The summed E-state index contributed by atoms with van der Waals surface area (Å²) in [5, 5.41) is 11.0. The van der Waals surface area contributed by atoms with Crippen LogP contribution in [0.25, 0.3) is 0 Å². The van der Waals surface area contributed by atoms with Gasteiger partial charge in [-0.15, -0.1) is 0 Å². The van der Waals surface area contributed by atoms with Crippen LogP contribution in [0.4, 0.5) is 0 Å². The number of carboxylic acid groups (broad SMARTS) is 1. The number of benzene rings is 1. The van der Waals surface area contributed by atoms with Crippen LogP contribution in [0.3, 0.4) is 0 Å². The van der Waals surface area contributed by atoms with Crippen molar-refractivity contribution in [3.05, 3.63) is 29.3 Å². The molecule has 1 aromatic rings. The zero-order chi connectivity index (χ0) is 14.0. The zero-order valence-corrected chi connectivity index (χ0v) is 11.7. The number of sulfonamides is 1. The molecule has 1 aromatic carbocycles. The van der Waals surface area contributed by atoms with Gasteiger partial charge in [-0.2, -0.15) is 4.31 Å². The lowest BCUT2D eigenvalue weighted by Gasteiger charge is -2.32. The second-order valence-corrected chi connectivity index (χ2v) is 6.77. The number of aliphatic carboxylic acids is 1. The minimum absolute atomic E-state index is 0. The van der Waals surface area contributed by atoms with Crippen LogP contribution in [0.1, 0.15) is 20.3 Å². The maximum atomic E-state index is 12.4. The van der Waals surface area contributed by atoms with Gasteiger partial charge in [0.1, 0.15) is 4.90 Å². The van der Waals surface area contributed by atoms with Crippen LogP contribution in [-0.2, 0) is 14.8 Å². The molecule has 1 heterocycles. The van der Waals surface area contributed by atoms with E-state index in [0.717, 1.165) is 4.31 Å². The molecule has 1 saturated heterocycles. The first-order valence-corrected chi connectivity index (χ1v) is 7.70. The fourth-order valence-electron chi connectivity index (χ4n) is 2.15. The third-order valence-corrected chi connectivity index (χ3v) is 5.54. The minimum Gasteiger partial charge on any atom is -0.550 e. The quantitative estimate of drug-likeness (QED) is 0.837. The molecule has 2 rings (SSSR count). The summed E-state index contributed by atoms with van der Waals surface area (Å²) in [6.45, 7) is 0.243. The second-order valence-electron chi connectivity index (χ2n) is 4.45. The summed E-state index contributed by atoms with van der Waals surface area (Å²) in [6.07, 6.45) is 0.944. The SMILES string of the molecule is C.O=C([O-])C1CCCN(S(=O)(=O)c2ccccc2Cl)C1. The average Bonchev–Trinajstić information content (AvgIpc) is 2.39. The Morgan fingerprint density at radius 3 is 2.60 bits per heavy atom. The summed E-state index contributed by atoms with van der Waals surface area (Å²) in [4.78, 5) is 10.9. The monoisotopic (exact) mass is 318 g/mol. The van der Waals surface area contributed by atoms with Gasteiger partial charge < -0.3 is 9.90 Å². The number of carbonyl (C=O) groups is 1. The van der Waals surface area contributed by atoms with Gasteiger partial charge >= 0.3 is 0 Å². The lowest BCUT2D eigenvalue weighted by molar-refractivity contribution is -0.312. The number of carbonyl (C=O) groups excluding carboxylic acids is 1. The van der Waals surface area contributed by atoms with Crippen LogP contribution in [0.15, 0.2) is 29.2 Å². The van der Waals surface area contributed by atoms with Crippen LogP contribution >= 0.6 is 11.6 Å². The Morgan fingerprint density at radius 2 is 2.00 bits per heavy atom. The maximum Gasteiger partial charge on any atom is 0.244 e. The van der Waals surface area contributed by atoms with Crippen molar-refractivity contribution in [3.8, 4) is 0 Å². The number of halogens is 1. The fraction of sp³-hybridized carbons (Fsp3) is 0.462. The Kier molecular flexibility index (Phi) is 5.56. The molecule has 112 valence electrons. The van der Waals surface area contributed by atoms with Gasteiger partial charge in [-0.25, -0.2) is 8.42 Å². The van der Waals surface area contributed by atoms with Gasteiger partial charge in [-0.3, -0.25) is 0 Å². The van der Waals surface area contributed by atoms with E-state index in [2.05, 4.69) is 0 Å². The predicted octanol–water partition coefficient (Wildman–Crippen LogP) is 1.13. The van der Waals surface area contributed by atoms with E-state index in [9.17, 15) is 18.3 Å². The fourth-order valence-corrected chi connectivity index (χ4v) is 4.16. The molecule has 1 unspecified atom stereocenters. The van der Waals surface area contributed by atoms with Crippen molar-refractivity contribution in [2.45, 2.75) is 25.2 Å². The highest BCUT2D eigenvalue weighted by atomic mass is 35.5. The number of piperidine rings is 1. The highest BCUT2D eigenvalue weighted by Gasteiger charge is 2.31. The van der Waals surface area contributed by atoms with Crippen molar-refractivity contribution < 1.29 is 18.3 Å². The van der Waals surface area contributed by atoms with E-state index in [1.807, 2.05) is 0 Å². The van der Waals surface area contributed by atoms with Gasteiger partial charge in [0.2, 0.25) is 10.0 Å². The molecule has 0 N–H and O–H groups in total. The van der Waals surface area contributed by atoms with Crippen LogP contribution in [0, 0.1) is 5.92 Å². The van der Waals surface area contributed by atoms with E-state index in [-0.39, 0.29) is 23.9 Å². The molecule has 7 heteroatoms. The van der Waals surface area contributed by atoms with Crippen LogP contribution in [-0.4, -0.2) is 31.8 Å². The van der Waals surface area contributed by atoms with Crippen molar-refractivity contribution in [3.63, 3.8) is 0 Å². The van der Waals surface area contributed by atoms with Gasteiger partial charge in [-0.05, 0) is 25.0 Å². The summed E-state index contributed by atoms with van der Waals surface area (Å²) in [7, 11) is -3.75. The van der Waals surface area contributed by atoms with E-state index in [0.29, 0.717) is 19.4 Å². The molecule has 0 radical (unpaired) electrons. The molecule has 20 heavy (non-hydrogen) atoms. The highest BCUT2D eigenvalue weighted by Crippen LogP contribution is 2.27. The molecule has 5 nitrogen and oxygen atoms in total. The topological polar surface area (TPSA) is 77.5 Å². The first-order chi connectivity index (χ1) is 8.93. The van der Waals surface area contributed by atoms with E-state index in [4.69, 9.17) is 11.6 Å². The summed E-state index contributed by atoms with van der Waals surface area (Å²) < 4.78 is 26.0. The predicted molar refractivity (Wildman–Crippen MR) is 74.7 cm³/mol. The number of carboxylic acids is 1. The first-order valence-electron chi connectivity index (χ1n) is 5.88. The van der Waals surface area contributed by atoms with E-state index in [1.54, 1.807) is 12.1 Å². The Bertz CT molecular complexity index is 588. The van der Waals surface area contributed by atoms with Gasteiger partial charge in [0.05, 0.1) is 5.02 Å². The largest absolute Gasteiger partial charge is 0.550 e. The zero-order valence-electron chi connectivity index (χ0n) is 10.1. The number of hydrogen-bond donors (Lipinski definition) is 0. The molecule has 0 aromatic heterocycles. The van der Waals surface area contributed by atoms with E-state index in [1.165, 1.54) is 12.1 Å². The lowest BCUT2D eigenvalue weighted by Crippen LogP contribution is -2.46. The van der Waals surface area contributed by atoms with Crippen molar-refractivity contribution in [2.24, 2.45) is 5.92 Å². The van der Waals surface area contributed by atoms with Gasteiger partial charge in [0.15, 0.2) is 0 Å². The molecule has 0 saturated carbocycles. The van der Waals surface area contributed by atoms with Crippen molar-refractivity contribution >= 4 is 27.6 Å². The molecule has 0 aliphatic carbocycles. The van der Waals surface area contributed by atoms with Crippen molar-refractivity contribution in [1.29, 1.82) is 0 Å². The molecular formula is C13H17ClNO4S-. The van der Waals surface area contributed by atoms with Crippen LogP contribution < -0.4 is 5.11 Å². The molecule has 1 aliphatic rings. The normalized spacial score (nSPS) is 20.1. The van der Waals surface area contributed by atoms with Crippen LogP contribution in [0.5, 0.6) is 0 Å². The molecule has 1 atom stereocenters. The smallest absolute Gasteiger partial charge is 0.244 e. The molecule has 0 bridgehead atoms.